The quantitative estimate of drug-likeness (QED) is 0.397. The van der Waals surface area contributed by atoms with Crippen LogP contribution in [-0.4, -0.2) is 62.2 Å². The van der Waals surface area contributed by atoms with Crippen molar-refractivity contribution in [3.05, 3.63) is 61.2 Å². The average molecular weight is 492 g/mol. The van der Waals surface area contributed by atoms with Crippen LogP contribution in [0.25, 0.3) is 22.3 Å². The molecule has 3 aromatic heterocycles. The van der Waals surface area contributed by atoms with Crippen LogP contribution in [0.1, 0.15) is 33.6 Å². The van der Waals surface area contributed by atoms with Crippen molar-refractivity contribution in [3.8, 4) is 28.8 Å². The number of aromatic nitrogens is 4. The number of carbonyl (C=O) groups excluding carboxylic acids is 1. The normalized spacial score (nSPS) is 12.3. The summed E-state index contributed by atoms with van der Waals surface area (Å²) in [6.07, 6.45) is 8.99. The Kier molecular flexibility index (Phi) is 10.2. The van der Waals surface area contributed by atoms with Gasteiger partial charge < -0.3 is 24.5 Å². The number of hydrogen-bond donors (Lipinski definition) is 2. The van der Waals surface area contributed by atoms with Crippen molar-refractivity contribution in [2.45, 2.75) is 33.6 Å². The number of ether oxygens (including phenoxy) is 2. The molecule has 4 heterocycles. The molecular weight excluding hydrogens is 458 g/mol. The molecule has 1 aliphatic heterocycles. The first-order chi connectivity index (χ1) is 17.6. The number of aliphatic hydroxyl groups is 1. The molecule has 4 aromatic rings. The SMILES string of the molecule is CC.CC(=O)N1CCCC1.OCCOc1ccc(Oc2ccc3[nH]c(-c4cnccn4)cc3c2)cn1. The van der Waals surface area contributed by atoms with E-state index in [9.17, 15) is 4.79 Å². The maximum atomic E-state index is 10.6. The third kappa shape index (κ3) is 7.51. The van der Waals surface area contributed by atoms with Crippen LogP contribution < -0.4 is 9.47 Å². The van der Waals surface area contributed by atoms with Crippen LogP contribution in [0.5, 0.6) is 17.4 Å². The van der Waals surface area contributed by atoms with E-state index in [2.05, 4.69) is 19.9 Å². The molecule has 190 valence electrons. The van der Waals surface area contributed by atoms with Gasteiger partial charge in [-0.2, -0.15) is 0 Å². The highest BCUT2D eigenvalue weighted by Crippen LogP contribution is 2.28. The van der Waals surface area contributed by atoms with Gasteiger partial charge in [0.1, 0.15) is 23.8 Å². The Labute approximate surface area is 211 Å². The Morgan fingerprint density at radius 3 is 2.42 bits per heavy atom. The molecule has 0 aliphatic carbocycles. The van der Waals surface area contributed by atoms with Gasteiger partial charge in [-0.05, 0) is 43.2 Å². The number of aromatic amines is 1. The summed E-state index contributed by atoms with van der Waals surface area (Å²) >= 11 is 0. The first-order valence-corrected chi connectivity index (χ1v) is 12.1. The molecule has 0 saturated carbocycles. The van der Waals surface area contributed by atoms with Crippen LogP contribution in [0, 0.1) is 0 Å². The molecule has 1 fully saturated rings. The van der Waals surface area contributed by atoms with Gasteiger partial charge in [0.25, 0.3) is 0 Å². The Morgan fingerprint density at radius 2 is 1.81 bits per heavy atom. The molecule has 1 aliphatic rings. The lowest BCUT2D eigenvalue weighted by atomic mass is 10.2. The van der Waals surface area contributed by atoms with E-state index in [0.717, 1.165) is 35.4 Å². The second-order valence-electron chi connectivity index (χ2n) is 7.74. The van der Waals surface area contributed by atoms with Crippen LogP contribution in [0.2, 0.25) is 0 Å². The minimum absolute atomic E-state index is 0.0485. The molecule has 0 atom stereocenters. The van der Waals surface area contributed by atoms with Gasteiger partial charge in [-0.15, -0.1) is 0 Å². The number of likely N-dealkylation sites (tertiary alicyclic amines) is 1. The lowest BCUT2D eigenvalue weighted by Crippen LogP contribution is -2.24. The summed E-state index contributed by atoms with van der Waals surface area (Å²) in [5.74, 6) is 1.97. The molecule has 1 saturated heterocycles. The third-order valence-electron chi connectivity index (χ3n) is 5.27. The molecule has 9 heteroatoms. The molecule has 36 heavy (non-hydrogen) atoms. The molecule has 5 rings (SSSR count). The van der Waals surface area contributed by atoms with Crippen molar-refractivity contribution in [1.29, 1.82) is 0 Å². The fourth-order valence-electron chi connectivity index (χ4n) is 3.58. The van der Waals surface area contributed by atoms with Crippen LogP contribution in [0.3, 0.4) is 0 Å². The Morgan fingerprint density at radius 1 is 1.03 bits per heavy atom. The van der Waals surface area contributed by atoms with Crippen LogP contribution >= 0.6 is 0 Å². The summed E-state index contributed by atoms with van der Waals surface area (Å²) in [5.41, 5.74) is 2.68. The number of aliphatic hydroxyl groups excluding tert-OH is 1. The molecule has 2 N–H and O–H groups in total. The van der Waals surface area contributed by atoms with Crippen molar-refractivity contribution in [3.63, 3.8) is 0 Å². The van der Waals surface area contributed by atoms with E-state index < -0.39 is 0 Å². The first kappa shape index (κ1) is 26.6. The number of nitrogens with one attached hydrogen (secondary N) is 1. The predicted molar refractivity (Wildman–Crippen MR) is 139 cm³/mol. The van der Waals surface area contributed by atoms with E-state index in [1.807, 2.05) is 43.0 Å². The zero-order valence-corrected chi connectivity index (χ0v) is 21.0. The van der Waals surface area contributed by atoms with E-state index in [0.29, 0.717) is 17.4 Å². The highest BCUT2D eigenvalue weighted by Gasteiger charge is 2.12. The number of carbonyl (C=O) groups is 1. The van der Waals surface area contributed by atoms with Crippen LogP contribution in [0.15, 0.2) is 61.2 Å². The number of benzene rings is 1. The van der Waals surface area contributed by atoms with Gasteiger partial charge >= 0.3 is 0 Å². The Bertz CT molecular complexity index is 1210. The number of nitrogens with zero attached hydrogens (tertiary/aromatic N) is 4. The van der Waals surface area contributed by atoms with Gasteiger partial charge in [0.2, 0.25) is 11.8 Å². The summed E-state index contributed by atoms with van der Waals surface area (Å²) < 4.78 is 11.1. The van der Waals surface area contributed by atoms with Crippen molar-refractivity contribution < 1.29 is 19.4 Å². The fourth-order valence-corrected chi connectivity index (χ4v) is 3.58. The minimum atomic E-state index is -0.0485. The van der Waals surface area contributed by atoms with Gasteiger partial charge in [0.05, 0.1) is 24.7 Å². The van der Waals surface area contributed by atoms with Gasteiger partial charge in [-0.25, -0.2) is 4.98 Å². The Balaban J connectivity index is 0.000000305. The molecule has 9 nitrogen and oxygen atoms in total. The summed E-state index contributed by atoms with van der Waals surface area (Å²) in [4.78, 5) is 28.3. The smallest absolute Gasteiger partial charge is 0.219 e. The first-order valence-electron chi connectivity index (χ1n) is 12.1. The summed E-state index contributed by atoms with van der Waals surface area (Å²) in [7, 11) is 0. The molecular formula is C27H33N5O4. The summed E-state index contributed by atoms with van der Waals surface area (Å²) in [5, 5.41) is 9.76. The standard InChI is InChI=1S/C19H16N4O3.C6H11NO.C2H6/c24-7-8-25-19-4-2-15(11-22-19)26-14-1-3-16-13(9-14)10-17(23-16)18-12-20-5-6-21-18;1-6(8)7-4-2-3-5-7;1-2/h1-6,9-12,23-24H,7-8H2;2-5H2,1H3;1-2H3. The van der Waals surface area contributed by atoms with Crippen molar-refractivity contribution in [2.75, 3.05) is 26.3 Å². The number of fused-ring (bicyclic) bond motifs is 1. The summed E-state index contributed by atoms with van der Waals surface area (Å²) in [6.45, 7) is 7.76. The second kappa shape index (κ2) is 13.8. The number of rotatable bonds is 6. The van der Waals surface area contributed by atoms with Crippen molar-refractivity contribution in [1.82, 2.24) is 24.8 Å². The second-order valence-corrected chi connectivity index (χ2v) is 7.74. The van der Waals surface area contributed by atoms with Gasteiger partial charge in [0.15, 0.2) is 0 Å². The predicted octanol–water partition coefficient (Wildman–Crippen LogP) is 4.84. The lowest BCUT2D eigenvalue weighted by molar-refractivity contribution is -0.127. The van der Waals surface area contributed by atoms with Crippen LogP contribution in [-0.2, 0) is 4.79 Å². The van der Waals surface area contributed by atoms with E-state index in [-0.39, 0.29) is 19.1 Å². The van der Waals surface area contributed by atoms with E-state index >= 15 is 0 Å². The average Bonchev–Trinajstić information content (AvgIpc) is 3.61. The number of pyridine rings is 1. The highest BCUT2D eigenvalue weighted by molar-refractivity contribution is 5.86. The molecule has 0 unspecified atom stereocenters. The van der Waals surface area contributed by atoms with E-state index in [4.69, 9.17) is 14.6 Å². The monoisotopic (exact) mass is 491 g/mol. The molecule has 1 amide bonds. The van der Waals surface area contributed by atoms with Gasteiger partial charge in [0, 0.05) is 49.4 Å². The summed E-state index contributed by atoms with van der Waals surface area (Å²) in [6, 6.07) is 11.3. The fraction of sp³-hybridized carbons (Fsp3) is 0.333. The number of amides is 1. The molecule has 1 aromatic carbocycles. The topological polar surface area (TPSA) is 113 Å². The maximum absolute atomic E-state index is 10.6. The van der Waals surface area contributed by atoms with Crippen molar-refractivity contribution in [2.24, 2.45) is 0 Å². The third-order valence-corrected chi connectivity index (χ3v) is 5.27. The molecule has 0 radical (unpaired) electrons. The largest absolute Gasteiger partial charge is 0.475 e. The highest BCUT2D eigenvalue weighted by atomic mass is 16.5. The van der Waals surface area contributed by atoms with Crippen LogP contribution in [0.4, 0.5) is 0 Å². The number of hydrogen-bond acceptors (Lipinski definition) is 7. The zero-order valence-electron chi connectivity index (χ0n) is 21.0. The number of H-pyrrole nitrogens is 1. The maximum Gasteiger partial charge on any atom is 0.219 e. The van der Waals surface area contributed by atoms with E-state index in [1.165, 1.54) is 12.8 Å². The lowest BCUT2D eigenvalue weighted by Gasteiger charge is -2.10. The molecule has 0 spiro atoms. The van der Waals surface area contributed by atoms with Gasteiger partial charge in [-0.1, -0.05) is 13.8 Å². The van der Waals surface area contributed by atoms with E-state index in [1.54, 1.807) is 43.8 Å². The van der Waals surface area contributed by atoms with Gasteiger partial charge in [-0.3, -0.25) is 14.8 Å². The Hall–Kier alpha value is -3.98. The molecule has 0 bridgehead atoms. The minimum Gasteiger partial charge on any atom is -0.475 e. The zero-order chi connectivity index (χ0) is 25.8. The van der Waals surface area contributed by atoms with Crippen molar-refractivity contribution >= 4 is 16.8 Å².